The fourth-order valence-corrected chi connectivity index (χ4v) is 5.15. The van der Waals surface area contributed by atoms with Crippen LogP contribution in [0.3, 0.4) is 0 Å². The van der Waals surface area contributed by atoms with Crippen LogP contribution < -0.4 is 9.04 Å². The largest absolute Gasteiger partial charge is 0.493 e. The number of carbonyl (C=O) groups is 1. The first-order valence-electron chi connectivity index (χ1n) is 10.1. The number of para-hydroxylation sites is 2. The summed E-state index contributed by atoms with van der Waals surface area (Å²) in [6, 6.07) is 22.5. The molecule has 0 unspecified atom stereocenters. The van der Waals surface area contributed by atoms with Crippen molar-refractivity contribution in [3.8, 4) is 5.75 Å². The first-order chi connectivity index (χ1) is 15.4. The number of sulfonamides is 1. The van der Waals surface area contributed by atoms with Gasteiger partial charge in [0.25, 0.3) is 10.0 Å². The second-order valence-corrected chi connectivity index (χ2v) is 10.5. The van der Waals surface area contributed by atoms with Crippen molar-refractivity contribution in [3.63, 3.8) is 0 Å². The highest BCUT2D eigenvalue weighted by molar-refractivity contribution is 8.13. The molecule has 0 radical (unpaired) electrons. The number of halogens is 1. The summed E-state index contributed by atoms with van der Waals surface area (Å²) in [6.45, 7) is 2.08. The van der Waals surface area contributed by atoms with Crippen molar-refractivity contribution in [2.45, 2.75) is 24.8 Å². The average molecular weight is 490 g/mol. The minimum Gasteiger partial charge on any atom is -0.493 e. The smallest absolute Gasteiger partial charge is 0.264 e. The van der Waals surface area contributed by atoms with Gasteiger partial charge in [0, 0.05) is 23.3 Å². The Balaban J connectivity index is 1.87. The molecule has 0 bridgehead atoms. The third-order valence-electron chi connectivity index (χ3n) is 4.58. The lowest BCUT2D eigenvalue weighted by Crippen LogP contribution is -2.30. The predicted molar refractivity (Wildman–Crippen MR) is 131 cm³/mol. The fourth-order valence-electron chi connectivity index (χ4n) is 3.03. The quantitative estimate of drug-likeness (QED) is 0.337. The zero-order valence-corrected chi connectivity index (χ0v) is 20.0. The van der Waals surface area contributed by atoms with Gasteiger partial charge in [-0.2, -0.15) is 0 Å². The number of benzene rings is 3. The Morgan fingerprint density at radius 3 is 2.31 bits per heavy atom. The molecular formula is C24H24ClNO4S2. The molecule has 0 N–H and O–H groups in total. The number of hydrogen-bond acceptors (Lipinski definition) is 5. The minimum absolute atomic E-state index is 0.0799. The average Bonchev–Trinajstić information content (AvgIpc) is 2.78. The highest BCUT2D eigenvalue weighted by Gasteiger charge is 2.26. The number of anilines is 1. The summed E-state index contributed by atoms with van der Waals surface area (Å²) in [5.41, 5.74) is 1.29. The minimum atomic E-state index is -3.85. The van der Waals surface area contributed by atoms with Crippen LogP contribution in [0, 0.1) is 0 Å². The number of ether oxygens (including phenoxy) is 1. The highest BCUT2D eigenvalue weighted by Crippen LogP contribution is 2.29. The molecule has 0 aliphatic carbocycles. The van der Waals surface area contributed by atoms with Crippen molar-refractivity contribution in [1.82, 2.24) is 0 Å². The molecule has 0 heterocycles. The van der Waals surface area contributed by atoms with Crippen LogP contribution in [0.5, 0.6) is 5.75 Å². The molecule has 0 aliphatic heterocycles. The predicted octanol–water partition coefficient (Wildman–Crippen LogP) is 5.78. The summed E-state index contributed by atoms with van der Waals surface area (Å²) in [4.78, 5) is 11.2. The van der Waals surface area contributed by atoms with Crippen molar-refractivity contribution >= 4 is 44.2 Å². The van der Waals surface area contributed by atoms with Gasteiger partial charge >= 0.3 is 0 Å². The lowest BCUT2D eigenvalue weighted by atomic mass is 10.2. The molecule has 0 aromatic heterocycles. The molecule has 3 rings (SSSR count). The number of thioether (sulfide) groups is 1. The standard InChI is InChI=1S/C24H24ClNO4S2/c1-19(27)31-17-7-16-30-24-11-6-5-8-20(24)18-26(22-9-3-2-4-10-22)32(28,29)23-14-12-21(25)13-15-23/h2-6,8-15H,7,16-18H2,1H3. The van der Waals surface area contributed by atoms with E-state index in [0.29, 0.717) is 35.2 Å². The van der Waals surface area contributed by atoms with Crippen LogP contribution in [-0.4, -0.2) is 25.9 Å². The lowest BCUT2D eigenvalue weighted by molar-refractivity contribution is -0.109. The molecule has 0 spiro atoms. The first kappa shape index (κ1) is 24.2. The Morgan fingerprint density at radius 2 is 1.62 bits per heavy atom. The Bertz CT molecular complexity index is 1140. The summed E-state index contributed by atoms with van der Waals surface area (Å²) in [5.74, 6) is 1.30. The van der Waals surface area contributed by atoms with Crippen LogP contribution >= 0.6 is 23.4 Å². The van der Waals surface area contributed by atoms with Gasteiger partial charge < -0.3 is 4.74 Å². The maximum absolute atomic E-state index is 13.5. The van der Waals surface area contributed by atoms with Crippen LogP contribution in [0.2, 0.25) is 5.02 Å². The first-order valence-corrected chi connectivity index (χ1v) is 12.9. The maximum Gasteiger partial charge on any atom is 0.264 e. The SMILES string of the molecule is CC(=O)SCCCOc1ccccc1CN(c1ccccc1)S(=O)(=O)c1ccc(Cl)cc1. The van der Waals surface area contributed by atoms with Gasteiger partial charge in [-0.25, -0.2) is 8.42 Å². The van der Waals surface area contributed by atoms with E-state index < -0.39 is 10.0 Å². The van der Waals surface area contributed by atoms with Crippen LogP contribution in [-0.2, 0) is 21.4 Å². The van der Waals surface area contributed by atoms with Gasteiger partial charge in [-0.3, -0.25) is 9.10 Å². The maximum atomic E-state index is 13.5. The topological polar surface area (TPSA) is 63.7 Å². The van der Waals surface area contributed by atoms with Gasteiger partial charge in [0.1, 0.15) is 5.75 Å². The van der Waals surface area contributed by atoms with Crippen molar-refractivity contribution in [3.05, 3.63) is 89.4 Å². The molecular weight excluding hydrogens is 466 g/mol. The third kappa shape index (κ3) is 6.51. The zero-order chi connectivity index (χ0) is 23.0. The third-order valence-corrected chi connectivity index (χ3v) is 7.52. The molecule has 3 aromatic rings. The van der Waals surface area contributed by atoms with Gasteiger partial charge in [-0.05, 0) is 48.9 Å². The summed E-state index contributed by atoms with van der Waals surface area (Å²) in [6.07, 6.45) is 0.712. The number of nitrogens with zero attached hydrogens (tertiary/aromatic N) is 1. The highest BCUT2D eigenvalue weighted by atomic mass is 35.5. The molecule has 5 nitrogen and oxygen atoms in total. The molecule has 32 heavy (non-hydrogen) atoms. The summed E-state index contributed by atoms with van der Waals surface area (Å²) in [7, 11) is -3.85. The van der Waals surface area contributed by atoms with Crippen molar-refractivity contribution < 1.29 is 17.9 Å². The van der Waals surface area contributed by atoms with E-state index in [9.17, 15) is 13.2 Å². The summed E-state index contributed by atoms with van der Waals surface area (Å²) in [5, 5.41) is 0.549. The molecule has 0 fully saturated rings. The van der Waals surface area contributed by atoms with Gasteiger partial charge in [-0.15, -0.1) is 0 Å². The van der Waals surface area contributed by atoms with Gasteiger partial charge in [0.05, 0.1) is 23.7 Å². The molecule has 0 saturated carbocycles. The Morgan fingerprint density at radius 1 is 0.969 bits per heavy atom. The van der Waals surface area contributed by atoms with E-state index in [1.165, 1.54) is 28.2 Å². The second kappa shape index (κ2) is 11.4. The molecule has 0 saturated heterocycles. The Hall–Kier alpha value is -2.48. The van der Waals surface area contributed by atoms with E-state index in [2.05, 4.69) is 0 Å². The van der Waals surface area contributed by atoms with E-state index >= 15 is 0 Å². The van der Waals surface area contributed by atoms with Crippen molar-refractivity contribution in [2.24, 2.45) is 0 Å². The zero-order valence-electron chi connectivity index (χ0n) is 17.6. The van der Waals surface area contributed by atoms with Gasteiger partial charge in [0.2, 0.25) is 0 Å². The monoisotopic (exact) mass is 489 g/mol. The van der Waals surface area contributed by atoms with Gasteiger partial charge in [0.15, 0.2) is 5.12 Å². The summed E-state index contributed by atoms with van der Waals surface area (Å²) >= 11 is 7.22. The van der Waals surface area contributed by atoms with E-state index in [0.717, 1.165) is 5.56 Å². The summed E-state index contributed by atoms with van der Waals surface area (Å²) < 4.78 is 34.4. The molecule has 0 amide bonds. The van der Waals surface area contributed by atoms with Crippen LogP contribution in [0.15, 0.2) is 83.8 Å². The van der Waals surface area contributed by atoms with Crippen molar-refractivity contribution in [1.29, 1.82) is 0 Å². The molecule has 0 aliphatic rings. The number of carbonyl (C=O) groups excluding carboxylic acids is 1. The molecule has 8 heteroatoms. The number of hydrogen-bond donors (Lipinski definition) is 0. The fraction of sp³-hybridized carbons (Fsp3) is 0.208. The van der Waals surface area contributed by atoms with Crippen LogP contribution in [0.1, 0.15) is 18.9 Å². The lowest BCUT2D eigenvalue weighted by Gasteiger charge is -2.25. The van der Waals surface area contributed by atoms with Crippen LogP contribution in [0.25, 0.3) is 0 Å². The van der Waals surface area contributed by atoms with E-state index in [1.54, 1.807) is 43.3 Å². The normalized spacial score (nSPS) is 11.2. The molecule has 168 valence electrons. The second-order valence-electron chi connectivity index (χ2n) is 6.95. The van der Waals surface area contributed by atoms with Crippen LogP contribution in [0.4, 0.5) is 5.69 Å². The Kier molecular flexibility index (Phi) is 8.61. The van der Waals surface area contributed by atoms with E-state index in [-0.39, 0.29) is 16.6 Å². The number of rotatable bonds is 10. The molecule has 0 atom stereocenters. The Labute approximate surface area is 198 Å². The van der Waals surface area contributed by atoms with E-state index in [1.807, 2.05) is 30.3 Å². The molecule has 3 aromatic carbocycles. The van der Waals surface area contributed by atoms with Crippen molar-refractivity contribution in [2.75, 3.05) is 16.7 Å². The van der Waals surface area contributed by atoms with E-state index in [4.69, 9.17) is 16.3 Å². The van der Waals surface area contributed by atoms with Gasteiger partial charge in [-0.1, -0.05) is 59.8 Å².